The summed E-state index contributed by atoms with van der Waals surface area (Å²) in [6.45, 7) is 7.63. The van der Waals surface area contributed by atoms with E-state index in [1.807, 2.05) is 12.1 Å². The standard InChI is InChI=1S/C17H31N5O2/c1-4-19-17(20-9-12-22(2)11-6-13-23-3)21-10-14-24-16-7-5-8-18-15-16/h5,7-8,15H,4,6,9-14H2,1-3H3,(H2,19,20,21). The van der Waals surface area contributed by atoms with Gasteiger partial charge in [0.15, 0.2) is 5.96 Å². The average molecular weight is 337 g/mol. The fourth-order valence-electron chi connectivity index (χ4n) is 2.04. The van der Waals surface area contributed by atoms with E-state index in [1.165, 1.54) is 0 Å². The Labute approximate surface area is 145 Å². The van der Waals surface area contributed by atoms with Crippen LogP contribution in [0.2, 0.25) is 0 Å². The SMILES string of the molecule is CCNC(=NCCN(C)CCCOC)NCCOc1cccnc1. The van der Waals surface area contributed by atoms with E-state index in [0.717, 1.165) is 50.9 Å². The van der Waals surface area contributed by atoms with Crippen molar-refractivity contribution in [2.24, 2.45) is 4.99 Å². The fourth-order valence-corrected chi connectivity index (χ4v) is 2.04. The number of ether oxygens (including phenoxy) is 2. The van der Waals surface area contributed by atoms with Crippen LogP contribution >= 0.6 is 0 Å². The van der Waals surface area contributed by atoms with Crippen LogP contribution in [-0.2, 0) is 4.74 Å². The van der Waals surface area contributed by atoms with Crippen LogP contribution in [0.4, 0.5) is 0 Å². The predicted octanol–water partition coefficient (Wildman–Crippen LogP) is 0.984. The topological polar surface area (TPSA) is 71.0 Å². The van der Waals surface area contributed by atoms with Gasteiger partial charge < -0.3 is 25.0 Å². The average Bonchev–Trinajstić information content (AvgIpc) is 2.60. The number of likely N-dealkylation sites (N-methyl/N-ethyl adjacent to an activating group) is 1. The van der Waals surface area contributed by atoms with E-state index in [2.05, 4.69) is 39.5 Å². The molecule has 0 spiro atoms. The zero-order valence-corrected chi connectivity index (χ0v) is 15.1. The Morgan fingerprint density at radius 1 is 1.29 bits per heavy atom. The van der Waals surface area contributed by atoms with Crippen molar-refractivity contribution in [2.75, 3.05) is 60.1 Å². The Hall–Kier alpha value is -1.86. The molecule has 1 aromatic rings. The van der Waals surface area contributed by atoms with Gasteiger partial charge in [-0.3, -0.25) is 9.98 Å². The van der Waals surface area contributed by atoms with Gasteiger partial charge in [-0.1, -0.05) is 0 Å². The zero-order chi connectivity index (χ0) is 17.5. The van der Waals surface area contributed by atoms with E-state index < -0.39 is 0 Å². The van der Waals surface area contributed by atoms with Crippen LogP contribution in [-0.4, -0.2) is 75.9 Å². The van der Waals surface area contributed by atoms with Crippen molar-refractivity contribution in [1.82, 2.24) is 20.5 Å². The molecule has 0 unspecified atom stereocenters. The largest absolute Gasteiger partial charge is 0.490 e. The summed E-state index contributed by atoms with van der Waals surface area (Å²) in [4.78, 5) is 10.9. The second kappa shape index (κ2) is 13.6. The molecule has 1 heterocycles. The molecule has 0 bridgehead atoms. The molecule has 7 nitrogen and oxygen atoms in total. The molecule has 0 saturated heterocycles. The number of hydrogen-bond donors (Lipinski definition) is 2. The summed E-state index contributed by atoms with van der Waals surface area (Å²) in [5.41, 5.74) is 0. The number of aromatic nitrogens is 1. The maximum atomic E-state index is 5.60. The monoisotopic (exact) mass is 337 g/mol. The minimum atomic E-state index is 0.563. The molecular weight excluding hydrogens is 306 g/mol. The molecule has 0 saturated carbocycles. The lowest BCUT2D eigenvalue weighted by atomic mass is 10.4. The first-order chi connectivity index (χ1) is 11.8. The van der Waals surface area contributed by atoms with Gasteiger partial charge in [-0.05, 0) is 32.5 Å². The van der Waals surface area contributed by atoms with Gasteiger partial charge in [0.25, 0.3) is 0 Å². The summed E-state index contributed by atoms with van der Waals surface area (Å²) in [5.74, 6) is 1.59. The van der Waals surface area contributed by atoms with Crippen molar-refractivity contribution in [3.63, 3.8) is 0 Å². The number of aliphatic imine (C=N–C) groups is 1. The number of nitrogens with one attached hydrogen (secondary N) is 2. The first-order valence-corrected chi connectivity index (χ1v) is 8.48. The van der Waals surface area contributed by atoms with Crippen molar-refractivity contribution in [3.05, 3.63) is 24.5 Å². The van der Waals surface area contributed by atoms with Gasteiger partial charge in [0.2, 0.25) is 0 Å². The summed E-state index contributed by atoms with van der Waals surface area (Å²) >= 11 is 0. The Morgan fingerprint density at radius 3 is 2.88 bits per heavy atom. The lowest BCUT2D eigenvalue weighted by Gasteiger charge is -2.16. The van der Waals surface area contributed by atoms with Crippen LogP contribution in [0.25, 0.3) is 0 Å². The van der Waals surface area contributed by atoms with Crippen molar-refractivity contribution in [1.29, 1.82) is 0 Å². The molecule has 0 fully saturated rings. The molecule has 0 aromatic carbocycles. The van der Waals surface area contributed by atoms with Crippen LogP contribution in [0.5, 0.6) is 5.75 Å². The summed E-state index contributed by atoms with van der Waals surface area (Å²) in [6, 6.07) is 3.75. The molecule has 0 atom stereocenters. The van der Waals surface area contributed by atoms with Gasteiger partial charge >= 0.3 is 0 Å². The van der Waals surface area contributed by atoms with Gasteiger partial charge in [0, 0.05) is 39.5 Å². The van der Waals surface area contributed by atoms with Gasteiger partial charge in [0.05, 0.1) is 19.3 Å². The van der Waals surface area contributed by atoms with Gasteiger partial charge in [-0.25, -0.2) is 0 Å². The predicted molar refractivity (Wildman–Crippen MR) is 97.7 cm³/mol. The number of pyridine rings is 1. The van der Waals surface area contributed by atoms with Crippen LogP contribution in [0.15, 0.2) is 29.5 Å². The van der Waals surface area contributed by atoms with E-state index in [-0.39, 0.29) is 0 Å². The third kappa shape index (κ3) is 10.0. The molecule has 0 amide bonds. The van der Waals surface area contributed by atoms with E-state index in [4.69, 9.17) is 9.47 Å². The molecule has 136 valence electrons. The number of hydrogen-bond acceptors (Lipinski definition) is 5. The molecule has 1 rings (SSSR count). The zero-order valence-electron chi connectivity index (χ0n) is 15.1. The summed E-state index contributed by atoms with van der Waals surface area (Å²) in [6.07, 6.45) is 4.48. The molecule has 7 heteroatoms. The Balaban J connectivity index is 2.21. The van der Waals surface area contributed by atoms with Gasteiger partial charge in [-0.2, -0.15) is 0 Å². The summed E-state index contributed by atoms with van der Waals surface area (Å²) in [7, 11) is 3.84. The van der Waals surface area contributed by atoms with Crippen molar-refractivity contribution >= 4 is 5.96 Å². The van der Waals surface area contributed by atoms with Crippen molar-refractivity contribution < 1.29 is 9.47 Å². The van der Waals surface area contributed by atoms with Crippen LogP contribution in [0.3, 0.4) is 0 Å². The highest BCUT2D eigenvalue weighted by Gasteiger charge is 2.00. The van der Waals surface area contributed by atoms with Crippen molar-refractivity contribution in [3.8, 4) is 5.75 Å². The maximum absolute atomic E-state index is 5.60. The number of guanidine groups is 1. The van der Waals surface area contributed by atoms with E-state index in [1.54, 1.807) is 19.5 Å². The van der Waals surface area contributed by atoms with Gasteiger partial charge in [-0.15, -0.1) is 0 Å². The normalized spacial score (nSPS) is 11.6. The second-order valence-electron chi connectivity index (χ2n) is 5.37. The molecule has 24 heavy (non-hydrogen) atoms. The van der Waals surface area contributed by atoms with Crippen LogP contribution < -0.4 is 15.4 Å². The summed E-state index contributed by atoms with van der Waals surface area (Å²) in [5, 5.41) is 6.51. The Kier molecular flexibility index (Phi) is 11.4. The maximum Gasteiger partial charge on any atom is 0.191 e. The number of nitrogens with zero attached hydrogens (tertiary/aromatic N) is 3. The molecule has 0 aliphatic carbocycles. The second-order valence-corrected chi connectivity index (χ2v) is 5.37. The van der Waals surface area contributed by atoms with Crippen LogP contribution in [0.1, 0.15) is 13.3 Å². The minimum absolute atomic E-state index is 0.563. The van der Waals surface area contributed by atoms with Gasteiger partial charge in [0.1, 0.15) is 12.4 Å². The van der Waals surface area contributed by atoms with Crippen LogP contribution in [0, 0.1) is 0 Å². The lowest BCUT2D eigenvalue weighted by molar-refractivity contribution is 0.180. The third-order valence-corrected chi connectivity index (χ3v) is 3.28. The highest BCUT2D eigenvalue weighted by atomic mass is 16.5. The van der Waals surface area contributed by atoms with E-state index >= 15 is 0 Å². The quantitative estimate of drug-likeness (QED) is 0.337. The van der Waals surface area contributed by atoms with Crippen molar-refractivity contribution in [2.45, 2.75) is 13.3 Å². The molecular formula is C17H31N5O2. The number of rotatable bonds is 12. The smallest absolute Gasteiger partial charge is 0.191 e. The fraction of sp³-hybridized carbons (Fsp3) is 0.647. The summed E-state index contributed by atoms with van der Waals surface area (Å²) < 4.78 is 10.7. The molecule has 1 aromatic heterocycles. The Morgan fingerprint density at radius 2 is 2.17 bits per heavy atom. The third-order valence-electron chi connectivity index (χ3n) is 3.28. The first-order valence-electron chi connectivity index (χ1n) is 8.48. The van der Waals surface area contributed by atoms with E-state index in [0.29, 0.717) is 13.2 Å². The molecule has 2 N–H and O–H groups in total. The molecule has 0 aliphatic rings. The Bertz CT molecular complexity index is 442. The molecule has 0 aliphatic heterocycles. The highest BCUT2D eigenvalue weighted by molar-refractivity contribution is 5.79. The lowest BCUT2D eigenvalue weighted by Crippen LogP contribution is -2.39. The molecule has 0 radical (unpaired) electrons. The number of methoxy groups -OCH3 is 1. The minimum Gasteiger partial charge on any atom is -0.490 e. The highest BCUT2D eigenvalue weighted by Crippen LogP contribution is 2.04. The first kappa shape index (κ1) is 20.2. The van der Waals surface area contributed by atoms with E-state index in [9.17, 15) is 0 Å².